The SMILES string of the molecule is Cc1c(Cl)cccc1NC(=O)C12CCC(C)(c3nc4ccccc4nc31)C2(C)C. The first-order valence-corrected chi connectivity index (χ1v) is 10.4. The summed E-state index contributed by atoms with van der Waals surface area (Å²) in [5.74, 6) is -0.0140. The average Bonchev–Trinajstić information content (AvgIpc) is 2.99. The Morgan fingerprint density at radius 2 is 1.62 bits per heavy atom. The molecular weight excluding hydrogens is 382 g/mol. The van der Waals surface area contributed by atoms with Gasteiger partial charge in [-0.15, -0.1) is 0 Å². The van der Waals surface area contributed by atoms with Crippen molar-refractivity contribution < 1.29 is 4.79 Å². The van der Waals surface area contributed by atoms with Crippen molar-refractivity contribution in [2.24, 2.45) is 5.41 Å². The molecule has 2 aliphatic carbocycles. The Labute approximate surface area is 175 Å². The fourth-order valence-electron chi connectivity index (χ4n) is 5.52. The molecule has 1 saturated carbocycles. The van der Waals surface area contributed by atoms with Gasteiger partial charge in [-0.2, -0.15) is 0 Å². The summed E-state index contributed by atoms with van der Waals surface area (Å²) in [6.07, 6.45) is 1.68. The Bertz CT molecular complexity index is 1190. The van der Waals surface area contributed by atoms with Gasteiger partial charge in [0.2, 0.25) is 5.91 Å². The summed E-state index contributed by atoms with van der Waals surface area (Å²) >= 11 is 6.28. The van der Waals surface area contributed by atoms with E-state index in [-0.39, 0.29) is 16.7 Å². The van der Waals surface area contributed by atoms with Crippen LogP contribution in [0, 0.1) is 12.3 Å². The lowest BCUT2D eigenvalue weighted by atomic mass is 9.63. The molecule has 2 atom stereocenters. The van der Waals surface area contributed by atoms with Crippen LogP contribution in [0.2, 0.25) is 5.02 Å². The molecule has 2 unspecified atom stereocenters. The van der Waals surface area contributed by atoms with Crippen molar-refractivity contribution in [2.75, 3.05) is 5.32 Å². The van der Waals surface area contributed by atoms with Crippen molar-refractivity contribution >= 4 is 34.2 Å². The molecule has 1 N–H and O–H groups in total. The molecule has 4 nitrogen and oxygen atoms in total. The highest BCUT2D eigenvalue weighted by molar-refractivity contribution is 6.31. The maximum absolute atomic E-state index is 13.9. The van der Waals surface area contributed by atoms with Gasteiger partial charge in [0.1, 0.15) is 0 Å². The van der Waals surface area contributed by atoms with Gasteiger partial charge in [0.15, 0.2) is 0 Å². The molecule has 3 aromatic rings. The molecule has 148 valence electrons. The maximum atomic E-state index is 13.9. The van der Waals surface area contributed by atoms with Crippen molar-refractivity contribution in [3.8, 4) is 0 Å². The largest absolute Gasteiger partial charge is 0.325 e. The van der Waals surface area contributed by atoms with Gasteiger partial charge >= 0.3 is 0 Å². The molecule has 0 saturated heterocycles. The quantitative estimate of drug-likeness (QED) is 0.607. The summed E-state index contributed by atoms with van der Waals surface area (Å²) in [7, 11) is 0. The fraction of sp³-hybridized carbons (Fsp3) is 0.375. The number of halogens is 1. The number of hydrogen-bond donors (Lipinski definition) is 1. The highest BCUT2D eigenvalue weighted by Crippen LogP contribution is 2.70. The summed E-state index contributed by atoms with van der Waals surface area (Å²) in [6.45, 7) is 8.55. The van der Waals surface area contributed by atoms with Crippen molar-refractivity contribution in [3.05, 3.63) is 64.4 Å². The van der Waals surface area contributed by atoms with E-state index in [1.54, 1.807) is 0 Å². The third-order valence-electron chi connectivity index (χ3n) is 7.85. The van der Waals surface area contributed by atoms with E-state index in [0.717, 1.165) is 46.5 Å². The number of benzene rings is 2. The van der Waals surface area contributed by atoms with Gasteiger partial charge in [-0.25, -0.2) is 9.97 Å². The van der Waals surface area contributed by atoms with Crippen LogP contribution in [0.5, 0.6) is 0 Å². The molecule has 1 fully saturated rings. The van der Waals surface area contributed by atoms with E-state index in [1.807, 2.05) is 49.4 Å². The number of para-hydroxylation sites is 2. The van der Waals surface area contributed by atoms with E-state index in [0.29, 0.717) is 5.02 Å². The van der Waals surface area contributed by atoms with E-state index in [1.165, 1.54) is 0 Å². The number of aromatic nitrogens is 2. The van der Waals surface area contributed by atoms with Gasteiger partial charge in [-0.3, -0.25) is 4.79 Å². The predicted octanol–water partition coefficient (Wildman–Crippen LogP) is 5.56. The number of carbonyl (C=O) groups is 1. The summed E-state index contributed by atoms with van der Waals surface area (Å²) in [4.78, 5) is 23.9. The smallest absolute Gasteiger partial charge is 0.237 e. The maximum Gasteiger partial charge on any atom is 0.237 e. The zero-order valence-corrected chi connectivity index (χ0v) is 17.9. The molecule has 0 radical (unpaired) electrons. The van der Waals surface area contributed by atoms with Crippen molar-refractivity contribution in [2.45, 2.75) is 51.4 Å². The standard InChI is InChI=1S/C24H24ClN3O/c1-14-15(25)8-7-11-16(14)28-21(29)24-13-12-23(4,22(24,2)3)19-20(24)27-18-10-6-5-9-17(18)26-19/h5-11H,12-13H2,1-4H3,(H,28,29). The topological polar surface area (TPSA) is 54.9 Å². The second kappa shape index (κ2) is 5.79. The zero-order valence-electron chi connectivity index (χ0n) is 17.1. The first-order valence-electron chi connectivity index (χ1n) is 10.1. The van der Waals surface area contributed by atoms with Gasteiger partial charge in [0, 0.05) is 16.1 Å². The molecule has 29 heavy (non-hydrogen) atoms. The lowest BCUT2D eigenvalue weighted by Gasteiger charge is -2.39. The minimum atomic E-state index is -0.719. The molecule has 1 heterocycles. The van der Waals surface area contributed by atoms with E-state index in [4.69, 9.17) is 21.6 Å². The van der Waals surface area contributed by atoms with Crippen LogP contribution in [-0.2, 0) is 15.6 Å². The number of rotatable bonds is 2. The monoisotopic (exact) mass is 405 g/mol. The highest BCUT2D eigenvalue weighted by Gasteiger charge is 2.73. The number of carbonyl (C=O) groups excluding carboxylic acids is 1. The predicted molar refractivity (Wildman–Crippen MR) is 116 cm³/mol. The molecule has 2 bridgehead atoms. The van der Waals surface area contributed by atoms with E-state index >= 15 is 0 Å². The molecule has 2 aliphatic rings. The van der Waals surface area contributed by atoms with Crippen molar-refractivity contribution in [1.29, 1.82) is 0 Å². The zero-order chi connectivity index (χ0) is 20.6. The summed E-state index contributed by atoms with van der Waals surface area (Å²) in [5.41, 5.74) is 3.95. The van der Waals surface area contributed by atoms with Gasteiger partial charge in [0.25, 0.3) is 0 Å². The summed E-state index contributed by atoms with van der Waals surface area (Å²) in [6, 6.07) is 13.5. The van der Waals surface area contributed by atoms with Crippen LogP contribution in [0.1, 0.15) is 50.6 Å². The van der Waals surface area contributed by atoms with Gasteiger partial charge in [-0.05, 0) is 55.0 Å². The molecule has 1 aromatic heterocycles. The molecule has 2 aromatic carbocycles. The molecule has 1 amide bonds. The lowest BCUT2D eigenvalue weighted by molar-refractivity contribution is -0.125. The Kier molecular flexibility index (Phi) is 3.71. The number of nitrogens with zero attached hydrogens (tertiary/aromatic N) is 2. The van der Waals surface area contributed by atoms with Crippen LogP contribution in [-0.4, -0.2) is 15.9 Å². The Morgan fingerprint density at radius 1 is 0.966 bits per heavy atom. The fourth-order valence-corrected chi connectivity index (χ4v) is 5.70. The van der Waals surface area contributed by atoms with Gasteiger partial charge in [-0.1, -0.05) is 50.6 Å². The van der Waals surface area contributed by atoms with Crippen LogP contribution < -0.4 is 5.32 Å². The number of hydrogen-bond acceptors (Lipinski definition) is 3. The van der Waals surface area contributed by atoms with Crippen molar-refractivity contribution in [1.82, 2.24) is 9.97 Å². The Hall–Kier alpha value is -2.46. The Morgan fingerprint density at radius 3 is 2.31 bits per heavy atom. The molecule has 0 spiro atoms. The second-order valence-corrected chi connectivity index (χ2v) is 9.55. The number of amides is 1. The molecule has 0 aliphatic heterocycles. The summed E-state index contributed by atoms with van der Waals surface area (Å²) < 4.78 is 0. The average molecular weight is 406 g/mol. The normalized spacial score (nSPS) is 26.5. The number of nitrogens with one attached hydrogen (secondary N) is 1. The minimum Gasteiger partial charge on any atom is -0.325 e. The lowest BCUT2D eigenvalue weighted by Crippen LogP contribution is -2.48. The molecular formula is C24H24ClN3O. The second-order valence-electron chi connectivity index (χ2n) is 9.14. The molecule has 5 rings (SSSR count). The van der Waals surface area contributed by atoms with Gasteiger partial charge < -0.3 is 5.32 Å². The van der Waals surface area contributed by atoms with E-state index in [2.05, 4.69) is 26.1 Å². The minimum absolute atomic E-state index is 0.0140. The number of fused-ring (bicyclic) bond motifs is 6. The molecule has 5 heteroatoms. The van der Waals surface area contributed by atoms with Crippen LogP contribution in [0.3, 0.4) is 0 Å². The third-order valence-corrected chi connectivity index (χ3v) is 8.26. The first kappa shape index (κ1) is 18.6. The van der Waals surface area contributed by atoms with Crippen molar-refractivity contribution in [3.63, 3.8) is 0 Å². The van der Waals surface area contributed by atoms with Gasteiger partial charge in [0.05, 0.1) is 27.8 Å². The van der Waals surface area contributed by atoms with Crippen LogP contribution >= 0.6 is 11.6 Å². The van der Waals surface area contributed by atoms with Crippen LogP contribution in [0.15, 0.2) is 42.5 Å². The highest BCUT2D eigenvalue weighted by atomic mass is 35.5. The van der Waals surface area contributed by atoms with Crippen LogP contribution in [0.4, 0.5) is 5.69 Å². The Balaban J connectivity index is 1.71. The first-order chi connectivity index (χ1) is 13.7. The number of anilines is 1. The van der Waals surface area contributed by atoms with E-state index in [9.17, 15) is 4.79 Å². The third kappa shape index (κ3) is 2.13. The van der Waals surface area contributed by atoms with E-state index < -0.39 is 5.41 Å². The van der Waals surface area contributed by atoms with Crippen LogP contribution in [0.25, 0.3) is 11.0 Å². The summed E-state index contributed by atoms with van der Waals surface area (Å²) in [5, 5.41) is 3.83.